The van der Waals surface area contributed by atoms with Crippen molar-refractivity contribution in [1.29, 1.82) is 0 Å². The number of benzene rings is 1. The lowest BCUT2D eigenvalue weighted by atomic mass is 9.96. The van der Waals surface area contributed by atoms with Gasteiger partial charge in [-0.25, -0.2) is 0 Å². The molecule has 112 valence electrons. The Balaban J connectivity index is 2.20. The number of halogens is 1. The number of thioether (sulfide) groups is 1. The molecule has 2 N–H and O–H groups in total. The first-order valence-corrected chi connectivity index (χ1v) is 9.36. The summed E-state index contributed by atoms with van der Waals surface area (Å²) < 4.78 is 1.13. The Kier molecular flexibility index (Phi) is 6.40. The summed E-state index contributed by atoms with van der Waals surface area (Å²) in [5, 5.41) is 0.755. The van der Waals surface area contributed by atoms with Crippen molar-refractivity contribution in [1.82, 2.24) is 4.90 Å². The minimum Gasteiger partial charge on any atom is -0.326 e. The molecule has 0 saturated carbocycles. The molecular weight excluding hydrogens is 332 g/mol. The molecule has 0 aromatic heterocycles. The molecule has 0 aliphatic carbocycles. The topological polar surface area (TPSA) is 29.3 Å². The minimum atomic E-state index is 0.205. The smallest absolute Gasteiger partial charge is 0.0499 e. The lowest BCUT2D eigenvalue weighted by Crippen LogP contribution is -2.46. The zero-order chi connectivity index (χ0) is 14.5. The molecule has 1 aromatic carbocycles. The predicted octanol–water partition coefficient (Wildman–Crippen LogP) is 4.05. The van der Waals surface area contributed by atoms with Crippen molar-refractivity contribution in [3.63, 3.8) is 0 Å². The van der Waals surface area contributed by atoms with Crippen LogP contribution in [0.25, 0.3) is 0 Å². The molecule has 1 saturated heterocycles. The van der Waals surface area contributed by atoms with Crippen LogP contribution in [0, 0.1) is 0 Å². The number of hydrogen-bond acceptors (Lipinski definition) is 3. The van der Waals surface area contributed by atoms with Gasteiger partial charge in [-0.1, -0.05) is 41.9 Å². The minimum absolute atomic E-state index is 0.205. The van der Waals surface area contributed by atoms with Crippen LogP contribution in [0.1, 0.15) is 38.3 Å². The second-order valence-electron chi connectivity index (χ2n) is 5.46. The Hall–Kier alpha value is -0.0300. The third-order valence-corrected chi connectivity index (χ3v) is 6.01. The summed E-state index contributed by atoms with van der Waals surface area (Å²) in [5.41, 5.74) is 7.80. The van der Waals surface area contributed by atoms with Crippen LogP contribution in [-0.2, 0) is 0 Å². The van der Waals surface area contributed by atoms with E-state index >= 15 is 0 Å². The standard InChI is InChI=1S/C16H25BrN2S/c1-3-14-11-19(9-10-20-14)16(15(18)4-2)12-5-7-13(17)8-6-12/h5-8,14-16H,3-4,9-11,18H2,1-2H3. The fraction of sp³-hybridized carbons (Fsp3) is 0.625. The first-order valence-electron chi connectivity index (χ1n) is 7.52. The van der Waals surface area contributed by atoms with Gasteiger partial charge in [0.15, 0.2) is 0 Å². The van der Waals surface area contributed by atoms with Crippen molar-refractivity contribution >= 4 is 27.7 Å². The molecular formula is C16H25BrN2S. The van der Waals surface area contributed by atoms with E-state index in [1.807, 2.05) is 0 Å². The highest BCUT2D eigenvalue weighted by atomic mass is 79.9. The highest BCUT2D eigenvalue weighted by Crippen LogP contribution is 2.31. The number of nitrogens with zero attached hydrogens (tertiary/aromatic N) is 1. The molecule has 1 aromatic rings. The summed E-state index contributed by atoms with van der Waals surface area (Å²) in [6.07, 6.45) is 2.26. The summed E-state index contributed by atoms with van der Waals surface area (Å²) in [6, 6.07) is 9.24. The van der Waals surface area contributed by atoms with Gasteiger partial charge in [0, 0.05) is 40.6 Å². The quantitative estimate of drug-likeness (QED) is 0.862. The summed E-state index contributed by atoms with van der Waals surface area (Å²) >= 11 is 5.63. The maximum atomic E-state index is 6.44. The molecule has 1 fully saturated rings. The summed E-state index contributed by atoms with van der Waals surface area (Å²) in [7, 11) is 0. The number of hydrogen-bond donors (Lipinski definition) is 1. The predicted molar refractivity (Wildman–Crippen MR) is 93.3 cm³/mol. The highest BCUT2D eigenvalue weighted by Gasteiger charge is 2.29. The SMILES string of the molecule is CCC1CN(C(c2ccc(Br)cc2)C(N)CC)CCS1. The lowest BCUT2D eigenvalue weighted by Gasteiger charge is -2.40. The van der Waals surface area contributed by atoms with Crippen molar-refractivity contribution in [2.45, 2.75) is 44.0 Å². The zero-order valence-corrected chi connectivity index (χ0v) is 14.8. The van der Waals surface area contributed by atoms with Crippen LogP contribution in [0.5, 0.6) is 0 Å². The molecule has 0 amide bonds. The van der Waals surface area contributed by atoms with Crippen LogP contribution in [0.3, 0.4) is 0 Å². The van der Waals surface area contributed by atoms with Gasteiger partial charge in [0.2, 0.25) is 0 Å². The van der Waals surface area contributed by atoms with Gasteiger partial charge in [-0.3, -0.25) is 4.90 Å². The average Bonchev–Trinajstić information content (AvgIpc) is 2.49. The van der Waals surface area contributed by atoms with Gasteiger partial charge >= 0.3 is 0 Å². The molecule has 1 aliphatic heterocycles. The second-order valence-corrected chi connectivity index (χ2v) is 7.79. The van der Waals surface area contributed by atoms with Gasteiger partial charge in [-0.05, 0) is 30.5 Å². The van der Waals surface area contributed by atoms with E-state index in [2.05, 4.69) is 70.7 Å². The van der Waals surface area contributed by atoms with Gasteiger partial charge in [0.05, 0.1) is 0 Å². The van der Waals surface area contributed by atoms with Gasteiger partial charge < -0.3 is 5.73 Å². The van der Waals surface area contributed by atoms with E-state index in [9.17, 15) is 0 Å². The zero-order valence-electron chi connectivity index (χ0n) is 12.4. The number of rotatable bonds is 5. The van der Waals surface area contributed by atoms with Gasteiger partial charge in [-0.2, -0.15) is 11.8 Å². The third kappa shape index (κ3) is 4.00. The van der Waals surface area contributed by atoms with Crippen molar-refractivity contribution in [2.24, 2.45) is 5.73 Å². The number of nitrogens with two attached hydrogens (primary N) is 1. The van der Waals surface area contributed by atoms with E-state index in [1.165, 1.54) is 17.7 Å². The fourth-order valence-corrected chi connectivity index (χ4v) is 4.32. The van der Waals surface area contributed by atoms with E-state index in [-0.39, 0.29) is 6.04 Å². The Morgan fingerprint density at radius 2 is 2.05 bits per heavy atom. The normalized spacial score (nSPS) is 23.5. The van der Waals surface area contributed by atoms with Gasteiger partial charge in [-0.15, -0.1) is 0 Å². The Morgan fingerprint density at radius 1 is 1.35 bits per heavy atom. The molecule has 3 unspecified atom stereocenters. The van der Waals surface area contributed by atoms with E-state index in [0.29, 0.717) is 6.04 Å². The molecule has 20 heavy (non-hydrogen) atoms. The molecule has 4 heteroatoms. The van der Waals surface area contributed by atoms with Crippen LogP contribution >= 0.6 is 27.7 Å². The van der Waals surface area contributed by atoms with Crippen LogP contribution < -0.4 is 5.73 Å². The first-order chi connectivity index (χ1) is 9.65. The molecule has 0 radical (unpaired) electrons. The third-order valence-electron chi connectivity index (χ3n) is 4.11. The highest BCUT2D eigenvalue weighted by molar-refractivity contribution is 9.10. The molecule has 0 spiro atoms. The summed E-state index contributed by atoms with van der Waals surface area (Å²) in [6.45, 7) is 6.78. The van der Waals surface area contributed by atoms with Crippen LogP contribution in [0.4, 0.5) is 0 Å². The van der Waals surface area contributed by atoms with Gasteiger partial charge in [0.1, 0.15) is 0 Å². The molecule has 3 atom stereocenters. The Bertz CT molecular complexity index is 409. The van der Waals surface area contributed by atoms with Crippen LogP contribution in [-0.4, -0.2) is 35.0 Å². The Morgan fingerprint density at radius 3 is 2.65 bits per heavy atom. The molecule has 2 rings (SSSR count). The van der Waals surface area contributed by atoms with Crippen molar-refractivity contribution < 1.29 is 0 Å². The lowest BCUT2D eigenvalue weighted by molar-refractivity contribution is 0.174. The largest absolute Gasteiger partial charge is 0.326 e. The summed E-state index contributed by atoms with van der Waals surface area (Å²) in [5.74, 6) is 1.22. The first kappa shape index (κ1) is 16.3. The maximum Gasteiger partial charge on any atom is 0.0499 e. The average molecular weight is 357 g/mol. The van der Waals surface area contributed by atoms with Gasteiger partial charge in [0.25, 0.3) is 0 Å². The summed E-state index contributed by atoms with van der Waals surface area (Å²) in [4.78, 5) is 2.60. The van der Waals surface area contributed by atoms with Crippen molar-refractivity contribution in [2.75, 3.05) is 18.8 Å². The van der Waals surface area contributed by atoms with Crippen LogP contribution in [0.2, 0.25) is 0 Å². The molecule has 1 heterocycles. The monoisotopic (exact) mass is 356 g/mol. The molecule has 2 nitrogen and oxygen atoms in total. The van der Waals surface area contributed by atoms with Crippen molar-refractivity contribution in [3.8, 4) is 0 Å². The van der Waals surface area contributed by atoms with E-state index in [4.69, 9.17) is 5.73 Å². The van der Waals surface area contributed by atoms with E-state index in [1.54, 1.807) is 0 Å². The Labute approximate surface area is 135 Å². The van der Waals surface area contributed by atoms with Crippen LogP contribution in [0.15, 0.2) is 28.7 Å². The fourth-order valence-electron chi connectivity index (χ4n) is 2.85. The van der Waals surface area contributed by atoms with E-state index < -0.39 is 0 Å². The molecule has 0 bridgehead atoms. The molecule has 1 aliphatic rings. The maximum absolute atomic E-state index is 6.44. The van der Waals surface area contributed by atoms with E-state index in [0.717, 1.165) is 29.2 Å². The second kappa shape index (κ2) is 7.83. The van der Waals surface area contributed by atoms with Crippen molar-refractivity contribution in [3.05, 3.63) is 34.3 Å².